The van der Waals surface area contributed by atoms with Gasteiger partial charge in [-0.2, -0.15) is 0 Å². The summed E-state index contributed by atoms with van der Waals surface area (Å²) in [6.45, 7) is 0. The van der Waals surface area contributed by atoms with Crippen molar-refractivity contribution in [2.24, 2.45) is 0 Å². The summed E-state index contributed by atoms with van der Waals surface area (Å²) in [4.78, 5) is 11.2. The molecule has 1 atom stereocenters. The van der Waals surface area contributed by atoms with Crippen molar-refractivity contribution in [2.45, 2.75) is 12.3 Å². The minimum Gasteiger partial charge on any atom is -0.508 e. The number of rotatable bonds is 4. The Kier molecular flexibility index (Phi) is 4.35. The van der Waals surface area contributed by atoms with Crippen molar-refractivity contribution in [3.63, 3.8) is 0 Å². The second-order valence-corrected chi connectivity index (χ2v) is 6.38. The predicted octanol–water partition coefficient (Wildman–Crippen LogP) is 4.74. The van der Waals surface area contributed by atoms with Crippen LogP contribution in [0.1, 0.15) is 23.5 Å². The lowest BCUT2D eigenvalue weighted by Gasteiger charge is -2.20. The first-order chi connectivity index (χ1) is 11.0. The molecule has 2 aromatic carbocycles. The number of carboxylic acid groups (broad SMARTS) is 1. The molecule has 0 aromatic heterocycles. The van der Waals surface area contributed by atoms with E-state index in [1.165, 1.54) is 0 Å². The van der Waals surface area contributed by atoms with Gasteiger partial charge < -0.3 is 10.2 Å². The fourth-order valence-corrected chi connectivity index (χ4v) is 3.15. The second kappa shape index (κ2) is 6.42. The van der Waals surface area contributed by atoms with Gasteiger partial charge in [-0.25, -0.2) is 0 Å². The minimum absolute atomic E-state index is 0.00205. The number of allylic oxidation sites excluding steroid dienone is 3. The van der Waals surface area contributed by atoms with Gasteiger partial charge in [0.25, 0.3) is 0 Å². The molecule has 0 amide bonds. The molecule has 1 aliphatic carbocycles. The van der Waals surface area contributed by atoms with Crippen LogP contribution in [0.2, 0.25) is 0 Å². The number of phenolic OH excluding ortho intramolecular Hbond substituents is 1. The number of phenols is 1. The molecule has 1 aliphatic rings. The van der Waals surface area contributed by atoms with Crippen molar-refractivity contribution in [3.8, 4) is 5.75 Å². The first kappa shape index (κ1) is 15.6. The van der Waals surface area contributed by atoms with Crippen molar-refractivity contribution >= 4 is 27.5 Å². The average molecular weight is 371 g/mol. The Balaban J connectivity index is 2.00. The summed E-state index contributed by atoms with van der Waals surface area (Å²) in [5.41, 5.74) is 3.95. The van der Waals surface area contributed by atoms with Crippen LogP contribution in [0.15, 0.2) is 70.7 Å². The molecule has 0 bridgehead atoms. The van der Waals surface area contributed by atoms with Crippen molar-refractivity contribution in [3.05, 3.63) is 81.9 Å². The lowest BCUT2D eigenvalue weighted by Crippen LogP contribution is -2.06. The maximum atomic E-state index is 11.2. The maximum absolute atomic E-state index is 11.2. The molecule has 2 aromatic rings. The Hall–Kier alpha value is -2.33. The normalized spacial score (nSPS) is 16.8. The molecule has 0 radical (unpaired) electrons. The molecule has 0 saturated carbocycles. The standard InChI is InChI=1S/C19H15BrO3/c20-15-6-1-12(2-7-15)17-10-5-14(11-18(22)23)19(17)13-3-8-16(21)9-4-13/h1-10,19,21H,11H2,(H,22,23). The molecule has 23 heavy (non-hydrogen) atoms. The van der Waals surface area contributed by atoms with Gasteiger partial charge in [-0.1, -0.05) is 52.3 Å². The number of carboxylic acids is 1. The van der Waals surface area contributed by atoms with Gasteiger partial charge in [0.2, 0.25) is 0 Å². The highest BCUT2D eigenvalue weighted by Crippen LogP contribution is 2.43. The largest absolute Gasteiger partial charge is 0.508 e. The van der Waals surface area contributed by atoms with Gasteiger partial charge in [-0.05, 0) is 46.5 Å². The third-order valence-corrected chi connectivity index (χ3v) is 4.45. The highest BCUT2D eigenvalue weighted by atomic mass is 79.9. The predicted molar refractivity (Wildman–Crippen MR) is 93.3 cm³/mol. The van der Waals surface area contributed by atoms with Crippen molar-refractivity contribution in [1.29, 1.82) is 0 Å². The van der Waals surface area contributed by atoms with Crippen LogP contribution < -0.4 is 0 Å². The molecule has 3 nitrogen and oxygen atoms in total. The van der Waals surface area contributed by atoms with E-state index < -0.39 is 5.97 Å². The fourth-order valence-electron chi connectivity index (χ4n) is 2.89. The molecular formula is C19H15BrO3. The maximum Gasteiger partial charge on any atom is 0.307 e. The SMILES string of the molecule is O=C(O)CC1=CC=C(c2ccc(Br)cc2)C1c1ccc(O)cc1. The van der Waals surface area contributed by atoms with Crippen LogP contribution in [0.5, 0.6) is 5.75 Å². The van der Waals surface area contributed by atoms with Crippen LogP contribution in [0.4, 0.5) is 0 Å². The molecule has 0 fully saturated rings. The number of halogens is 1. The molecule has 3 rings (SSSR count). The van der Waals surface area contributed by atoms with Gasteiger partial charge in [0.1, 0.15) is 5.75 Å². The number of hydrogen-bond acceptors (Lipinski definition) is 2. The van der Waals surface area contributed by atoms with E-state index in [1.807, 2.05) is 48.6 Å². The van der Waals surface area contributed by atoms with Gasteiger partial charge in [0.05, 0.1) is 6.42 Å². The molecule has 2 N–H and O–H groups in total. The number of aromatic hydroxyl groups is 1. The summed E-state index contributed by atoms with van der Waals surface area (Å²) in [5, 5.41) is 18.7. The van der Waals surface area contributed by atoms with E-state index in [4.69, 9.17) is 5.11 Å². The Morgan fingerprint density at radius 3 is 2.26 bits per heavy atom. The highest BCUT2D eigenvalue weighted by Gasteiger charge is 2.27. The summed E-state index contributed by atoms with van der Waals surface area (Å²) < 4.78 is 1.000. The zero-order valence-corrected chi connectivity index (χ0v) is 13.8. The van der Waals surface area contributed by atoms with Crippen LogP contribution in [0, 0.1) is 0 Å². The van der Waals surface area contributed by atoms with Crippen LogP contribution in [0.3, 0.4) is 0 Å². The van der Waals surface area contributed by atoms with E-state index in [-0.39, 0.29) is 18.1 Å². The third kappa shape index (κ3) is 3.37. The second-order valence-electron chi connectivity index (χ2n) is 5.47. The van der Waals surface area contributed by atoms with E-state index in [2.05, 4.69) is 15.9 Å². The zero-order chi connectivity index (χ0) is 16.4. The van der Waals surface area contributed by atoms with Crippen LogP contribution in [0.25, 0.3) is 5.57 Å². The Labute approximate surface area is 142 Å². The van der Waals surface area contributed by atoms with Crippen molar-refractivity contribution in [2.75, 3.05) is 0 Å². The Morgan fingerprint density at radius 2 is 1.65 bits per heavy atom. The van der Waals surface area contributed by atoms with E-state index in [0.717, 1.165) is 26.7 Å². The summed E-state index contributed by atoms with van der Waals surface area (Å²) in [6, 6.07) is 14.9. The zero-order valence-electron chi connectivity index (χ0n) is 12.2. The number of aliphatic carboxylic acids is 1. The van der Waals surface area contributed by atoms with Gasteiger partial charge in [0.15, 0.2) is 0 Å². The summed E-state index contributed by atoms with van der Waals surface area (Å²) in [5.74, 6) is -0.747. The van der Waals surface area contributed by atoms with Gasteiger partial charge in [-0.15, -0.1) is 0 Å². The number of carbonyl (C=O) groups is 1. The van der Waals surface area contributed by atoms with Crippen molar-refractivity contribution in [1.82, 2.24) is 0 Å². The Bertz CT molecular complexity index is 786. The molecule has 0 saturated heterocycles. The molecule has 0 heterocycles. The molecular weight excluding hydrogens is 356 g/mol. The van der Waals surface area contributed by atoms with Gasteiger partial charge in [0, 0.05) is 10.4 Å². The van der Waals surface area contributed by atoms with E-state index in [1.54, 1.807) is 12.1 Å². The molecule has 1 unspecified atom stereocenters. The van der Waals surface area contributed by atoms with Crippen molar-refractivity contribution < 1.29 is 15.0 Å². The van der Waals surface area contributed by atoms with E-state index in [0.29, 0.717) is 0 Å². The van der Waals surface area contributed by atoms with Gasteiger partial charge in [-0.3, -0.25) is 4.79 Å². The third-order valence-electron chi connectivity index (χ3n) is 3.92. The smallest absolute Gasteiger partial charge is 0.307 e. The van der Waals surface area contributed by atoms with E-state index in [9.17, 15) is 9.90 Å². The lowest BCUT2D eigenvalue weighted by atomic mass is 9.84. The first-order valence-electron chi connectivity index (χ1n) is 7.22. The molecule has 0 aliphatic heterocycles. The highest BCUT2D eigenvalue weighted by molar-refractivity contribution is 9.10. The van der Waals surface area contributed by atoms with Crippen LogP contribution in [-0.4, -0.2) is 16.2 Å². The summed E-state index contributed by atoms with van der Waals surface area (Å²) in [7, 11) is 0. The number of hydrogen-bond donors (Lipinski definition) is 2. The quantitative estimate of drug-likeness (QED) is 0.817. The summed E-state index contributed by atoms with van der Waals surface area (Å²) >= 11 is 3.43. The lowest BCUT2D eigenvalue weighted by molar-refractivity contribution is -0.136. The first-order valence-corrected chi connectivity index (χ1v) is 8.01. The monoisotopic (exact) mass is 370 g/mol. The molecule has 0 spiro atoms. The van der Waals surface area contributed by atoms with E-state index >= 15 is 0 Å². The minimum atomic E-state index is -0.842. The molecule has 116 valence electrons. The van der Waals surface area contributed by atoms with Crippen LogP contribution in [-0.2, 0) is 4.79 Å². The average Bonchev–Trinajstić information content (AvgIpc) is 2.92. The van der Waals surface area contributed by atoms with Gasteiger partial charge >= 0.3 is 5.97 Å². The Morgan fingerprint density at radius 1 is 1.00 bits per heavy atom. The topological polar surface area (TPSA) is 57.5 Å². The van der Waals surface area contributed by atoms with Crippen LogP contribution >= 0.6 is 15.9 Å². The number of benzene rings is 2. The molecule has 4 heteroatoms. The summed E-state index contributed by atoms with van der Waals surface area (Å²) in [6.07, 6.45) is 3.88. The fraction of sp³-hybridized carbons (Fsp3) is 0.105.